The van der Waals surface area contributed by atoms with Crippen LogP contribution in [0.15, 0.2) is 16.6 Å². The molecule has 1 aromatic rings. The first-order valence-electron chi connectivity index (χ1n) is 8.02. The highest BCUT2D eigenvalue weighted by Gasteiger charge is 2.26. The first-order chi connectivity index (χ1) is 11.4. The van der Waals surface area contributed by atoms with Crippen molar-refractivity contribution in [2.45, 2.75) is 26.2 Å². The van der Waals surface area contributed by atoms with Gasteiger partial charge in [0, 0.05) is 24.1 Å². The maximum Gasteiger partial charge on any atom is 0.279 e. The van der Waals surface area contributed by atoms with E-state index in [1.807, 2.05) is 12.1 Å². The van der Waals surface area contributed by atoms with E-state index in [9.17, 15) is 8.42 Å². The summed E-state index contributed by atoms with van der Waals surface area (Å²) in [6.45, 7) is 3.61. The van der Waals surface area contributed by atoms with Crippen molar-refractivity contribution in [1.82, 2.24) is 9.03 Å². The average Bonchev–Trinajstić information content (AvgIpc) is 2.55. The summed E-state index contributed by atoms with van der Waals surface area (Å²) in [7, 11) is -0.255. The number of rotatable bonds is 7. The predicted octanol–water partition coefficient (Wildman–Crippen LogP) is 2.58. The largest absolute Gasteiger partial charge is 0.493 e. The molecule has 0 aliphatic carbocycles. The fourth-order valence-electron chi connectivity index (χ4n) is 2.86. The van der Waals surface area contributed by atoms with E-state index in [4.69, 9.17) is 9.47 Å². The van der Waals surface area contributed by atoms with E-state index < -0.39 is 10.2 Å². The van der Waals surface area contributed by atoms with Gasteiger partial charge in [0.2, 0.25) is 0 Å². The second kappa shape index (κ2) is 8.51. The number of halogens is 1. The first-order valence-corrected chi connectivity index (χ1v) is 10.3. The molecule has 1 aromatic carbocycles. The molecule has 0 radical (unpaired) electrons. The second-order valence-electron chi connectivity index (χ2n) is 6.05. The van der Waals surface area contributed by atoms with Crippen LogP contribution in [-0.2, 0) is 16.6 Å². The number of hydrogen-bond acceptors (Lipinski definition) is 4. The van der Waals surface area contributed by atoms with Gasteiger partial charge in [-0.1, -0.05) is 22.9 Å². The lowest BCUT2D eigenvalue weighted by Crippen LogP contribution is -2.46. The van der Waals surface area contributed by atoms with Crippen molar-refractivity contribution >= 4 is 26.1 Å². The third-order valence-corrected chi connectivity index (χ3v) is 6.51. The van der Waals surface area contributed by atoms with Crippen LogP contribution in [0.25, 0.3) is 0 Å². The van der Waals surface area contributed by atoms with E-state index in [2.05, 4.69) is 27.6 Å². The molecule has 1 fully saturated rings. The Kier molecular flexibility index (Phi) is 6.91. The number of methoxy groups -OCH3 is 2. The van der Waals surface area contributed by atoms with E-state index in [1.54, 1.807) is 18.5 Å². The third kappa shape index (κ3) is 4.84. The average molecular weight is 421 g/mol. The van der Waals surface area contributed by atoms with E-state index in [-0.39, 0.29) is 0 Å². The fraction of sp³-hybridized carbons (Fsp3) is 0.625. The Morgan fingerprint density at radius 3 is 2.58 bits per heavy atom. The molecular formula is C16H25BrN2O4S. The monoisotopic (exact) mass is 420 g/mol. The molecule has 0 aromatic heterocycles. The summed E-state index contributed by atoms with van der Waals surface area (Å²) in [6, 6.07) is 3.69. The molecule has 1 N–H and O–H groups in total. The zero-order valence-corrected chi connectivity index (χ0v) is 16.7. The zero-order valence-electron chi connectivity index (χ0n) is 14.3. The highest BCUT2D eigenvalue weighted by Crippen LogP contribution is 2.33. The molecule has 1 aliphatic heterocycles. The van der Waals surface area contributed by atoms with E-state index >= 15 is 0 Å². The molecule has 1 aliphatic rings. The molecule has 0 spiro atoms. The summed E-state index contributed by atoms with van der Waals surface area (Å²) in [5.41, 5.74) is 0.961. The molecular weight excluding hydrogens is 396 g/mol. The number of piperidine rings is 1. The van der Waals surface area contributed by atoms with Gasteiger partial charge in [0.05, 0.1) is 14.2 Å². The number of hydrogen-bond donors (Lipinski definition) is 1. The second-order valence-corrected chi connectivity index (χ2v) is 8.66. The van der Waals surface area contributed by atoms with Crippen LogP contribution in [0.1, 0.15) is 25.3 Å². The lowest BCUT2D eigenvalue weighted by atomic mass is 10.0. The Labute approximate surface area is 152 Å². The van der Waals surface area contributed by atoms with Crippen molar-refractivity contribution in [1.29, 1.82) is 0 Å². The summed E-state index contributed by atoms with van der Waals surface area (Å²) < 4.78 is 40.4. The van der Waals surface area contributed by atoms with Crippen molar-refractivity contribution in [2.24, 2.45) is 5.92 Å². The van der Waals surface area contributed by atoms with Crippen LogP contribution in [0.4, 0.5) is 0 Å². The highest BCUT2D eigenvalue weighted by atomic mass is 79.9. The molecule has 2 rings (SSSR count). The normalized spacial score (nSPS) is 19.2. The van der Waals surface area contributed by atoms with Gasteiger partial charge in [0.1, 0.15) is 0 Å². The molecule has 0 amide bonds. The molecule has 8 heteroatoms. The smallest absolute Gasteiger partial charge is 0.279 e. The van der Waals surface area contributed by atoms with E-state index in [0.29, 0.717) is 43.5 Å². The third-order valence-electron chi connectivity index (χ3n) is 4.19. The topological polar surface area (TPSA) is 67.9 Å². The van der Waals surface area contributed by atoms with Gasteiger partial charge in [-0.2, -0.15) is 12.7 Å². The van der Waals surface area contributed by atoms with Gasteiger partial charge in [-0.25, -0.2) is 4.72 Å². The highest BCUT2D eigenvalue weighted by molar-refractivity contribution is 9.10. The molecule has 0 bridgehead atoms. The molecule has 1 heterocycles. The lowest BCUT2D eigenvalue weighted by Gasteiger charge is -2.30. The van der Waals surface area contributed by atoms with Crippen LogP contribution in [0.2, 0.25) is 0 Å². The van der Waals surface area contributed by atoms with Gasteiger partial charge < -0.3 is 9.47 Å². The van der Waals surface area contributed by atoms with Crippen LogP contribution >= 0.6 is 15.9 Å². The SMILES string of the molecule is COc1cc(Br)c(CCNS(=O)(=O)N2CCCC(C)C2)cc1OC. The summed E-state index contributed by atoms with van der Waals surface area (Å²) in [4.78, 5) is 0. The summed E-state index contributed by atoms with van der Waals surface area (Å²) in [6.07, 6.45) is 2.57. The Morgan fingerprint density at radius 2 is 1.96 bits per heavy atom. The van der Waals surface area contributed by atoms with Crippen molar-refractivity contribution in [2.75, 3.05) is 33.9 Å². The van der Waals surface area contributed by atoms with Gasteiger partial charge >= 0.3 is 0 Å². The predicted molar refractivity (Wildman–Crippen MR) is 97.8 cm³/mol. The number of benzene rings is 1. The maximum absolute atomic E-state index is 12.4. The minimum atomic E-state index is -3.42. The molecule has 24 heavy (non-hydrogen) atoms. The Morgan fingerprint density at radius 1 is 1.29 bits per heavy atom. The van der Waals surface area contributed by atoms with Crippen LogP contribution in [0.5, 0.6) is 11.5 Å². The summed E-state index contributed by atoms with van der Waals surface area (Å²) in [5, 5.41) is 0. The lowest BCUT2D eigenvalue weighted by molar-refractivity contribution is 0.278. The molecule has 0 saturated carbocycles. The van der Waals surface area contributed by atoms with Gasteiger partial charge in [-0.15, -0.1) is 0 Å². The standard InChI is InChI=1S/C16H25BrN2O4S/c1-12-5-4-8-19(11-12)24(20,21)18-7-6-13-9-15(22-2)16(23-3)10-14(13)17/h9-10,12,18H,4-8,11H2,1-3H3. The minimum absolute atomic E-state index is 0.335. The fourth-order valence-corrected chi connectivity index (χ4v) is 4.74. The van der Waals surface area contributed by atoms with E-state index in [0.717, 1.165) is 22.9 Å². The van der Waals surface area contributed by atoms with Gasteiger partial charge in [-0.3, -0.25) is 0 Å². The van der Waals surface area contributed by atoms with Crippen molar-refractivity contribution in [3.8, 4) is 11.5 Å². The van der Waals surface area contributed by atoms with Crippen LogP contribution in [-0.4, -0.2) is 46.6 Å². The first kappa shape index (κ1) is 19.5. The Balaban J connectivity index is 1.98. The number of nitrogens with zero attached hydrogens (tertiary/aromatic N) is 1. The molecule has 1 atom stereocenters. The molecule has 136 valence electrons. The molecule has 1 unspecified atom stereocenters. The van der Waals surface area contributed by atoms with Crippen molar-refractivity contribution in [3.63, 3.8) is 0 Å². The summed E-state index contributed by atoms with van der Waals surface area (Å²) >= 11 is 3.49. The minimum Gasteiger partial charge on any atom is -0.493 e. The number of ether oxygens (including phenoxy) is 2. The van der Waals surface area contributed by atoms with Gasteiger partial charge in [-0.05, 0) is 42.9 Å². The van der Waals surface area contributed by atoms with Crippen LogP contribution in [0, 0.1) is 5.92 Å². The maximum atomic E-state index is 12.4. The van der Waals surface area contributed by atoms with Crippen molar-refractivity contribution < 1.29 is 17.9 Å². The quantitative estimate of drug-likeness (QED) is 0.735. The van der Waals surface area contributed by atoms with Crippen molar-refractivity contribution in [3.05, 3.63) is 22.2 Å². The number of nitrogens with one attached hydrogen (secondary N) is 1. The van der Waals surface area contributed by atoms with Gasteiger partial charge in [0.25, 0.3) is 10.2 Å². The Bertz CT molecular complexity index is 666. The van der Waals surface area contributed by atoms with Crippen LogP contribution in [0.3, 0.4) is 0 Å². The molecule has 1 saturated heterocycles. The van der Waals surface area contributed by atoms with Gasteiger partial charge in [0.15, 0.2) is 11.5 Å². The summed E-state index contributed by atoms with van der Waals surface area (Å²) in [5.74, 6) is 1.68. The van der Waals surface area contributed by atoms with E-state index in [1.165, 1.54) is 0 Å². The van der Waals surface area contributed by atoms with Crippen LogP contribution < -0.4 is 14.2 Å². The molecule has 6 nitrogen and oxygen atoms in total. The zero-order chi connectivity index (χ0) is 17.7. The Hall–Kier alpha value is -0.830.